The monoisotopic (exact) mass is 342 g/mol. The topological polar surface area (TPSA) is 66.5 Å². The molecule has 1 aliphatic heterocycles. The van der Waals surface area contributed by atoms with Crippen LogP contribution in [0, 0.1) is 6.92 Å². The first-order valence-corrected chi connectivity index (χ1v) is 8.70. The van der Waals surface area contributed by atoms with E-state index in [1.165, 1.54) is 15.3 Å². The number of likely N-dealkylation sites (tertiary alicyclic amines) is 1. The minimum absolute atomic E-state index is 0.111. The zero-order valence-corrected chi connectivity index (χ0v) is 14.2. The molecule has 0 spiro atoms. The molecule has 6 heteroatoms. The van der Waals surface area contributed by atoms with Crippen molar-refractivity contribution >= 4 is 34.7 Å². The fourth-order valence-electron chi connectivity index (χ4n) is 2.72. The van der Waals surface area contributed by atoms with Crippen molar-refractivity contribution in [1.82, 2.24) is 4.90 Å². The second kappa shape index (κ2) is 6.97. The molecule has 0 bridgehead atoms. The highest BCUT2D eigenvalue weighted by molar-refractivity contribution is 7.13. The van der Waals surface area contributed by atoms with Crippen LogP contribution in [-0.4, -0.2) is 29.2 Å². The molecule has 1 fully saturated rings. The van der Waals surface area contributed by atoms with E-state index in [4.69, 9.17) is 0 Å². The van der Waals surface area contributed by atoms with Crippen molar-refractivity contribution in [3.63, 3.8) is 0 Å². The number of benzene rings is 1. The van der Waals surface area contributed by atoms with Gasteiger partial charge in [-0.25, -0.2) is 0 Å². The van der Waals surface area contributed by atoms with Gasteiger partial charge in [-0.2, -0.15) is 0 Å². The molecule has 24 heavy (non-hydrogen) atoms. The molecule has 1 saturated heterocycles. The molecular weight excluding hydrogens is 324 g/mol. The molecule has 5 nitrogen and oxygen atoms in total. The summed E-state index contributed by atoms with van der Waals surface area (Å²) in [6, 6.07) is 9.74. The van der Waals surface area contributed by atoms with Gasteiger partial charge in [0.2, 0.25) is 17.7 Å². The van der Waals surface area contributed by atoms with Gasteiger partial charge in [-0.05, 0) is 41.6 Å². The normalized spacial score (nSPS) is 14.3. The molecule has 0 saturated carbocycles. The molecule has 0 radical (unpaired) electrons. The number of hydrogen-bond donors (Lipinski definition) is 1. The fourth-order valence-corrected chi connectivity index (χ4v) is 3.64. The van der Waals surface area contributed by atoms with E-state index in [1.807, 2.05) is 29.6 Å². The molecule has 1 N–H and O–H groups in total. The van der Waals surface area contributed by atoms with Crippen molar-refractivity contribution in [2.75, 3.05) is 11.9 Å². The largest absolute Gasteiger partial charge is 0.326 e. The lowest BCUT2D eigenvalue weighted by atomic mass is 10.1. The SMILES string of the molecule is Cc1ccsc1-c1cccc(NC(=O)CCN2C(=O)CCC2=O)c1. The van der Waals surface area contributed by atoms with E-state index in [1.54, 1.807) is 11.3 Å². The Morgan fingerprint density at radius 1 is 1.21 bits per heavy atom. The second-order valence-electron chi connectivity index (χ2n) is 5.75. The highest BCUT2D eigenvalue weighted by Gasteiger charge is 2.28. The molecule has 1 aromatic heterocycles. The lowest BCUT2D eigenvalue weighted by molar-refractivity contribution is -0.138. The summed E-state index contributed by atoms with van der Waals surface area (Å²) in [5.41, 5.74) is 2.98. The standard InChI is InChI=1S/C18H18N2O3S/c1-12-8-10-24-18(12)13-3-2-4-14(11-13)19-15(21)7-9-20-16(22)5-6-17(20)23/h2-4,8,10-11H,5-7,9H2,1H3,(H,19,21). The van der Waals surface area contributed by atoms with E-state index >= 15 is 0 Å². The van der Waals surface area contributed by atoms with Gasteiger partial charge in [0.1, 0.15) is 0 Å². The fraction of sp³-hybridized carbons (Fsp3) is 0.278. The number of rotatable bonds is 5. The second-order valence-corrected chi connectivity index (χ2v) is 6.67. The molecule has 3 amide bonds. The maximum atomic E-state index is 12.1. The number of imide groups is 1. The van der Waals surface area contributed by atoms with Crippen LogP contribution in [0.3, 0.4) is 0 Å². The van der Waals surface area contributed by atoms with Crippen LogP contribution in [-0.2, 0) is 14.4 Å². The van der Waals surface area contributed by atoms with Gasteiger partial charge < -0.3 is 5.32 Å². The predicted molar refractivity (Wildman–Crippen MR) is 93.7 cm³/mol. The lowest BCUT2D eigenvalue weighted by Gasteiger charge is -2.13. The quantitative estimate of drug-likeness (QED) is 0.849. The van der Waals surface area contributed by atoms with Gasteiger partial charge >= 0.3 is 0 Å². The predicted octanol–water partition coefficient (Wildman–Crippen LogP) is 3.20. The van der Waals surface area contributed by atoms with Crippen molar-refractivity contribution in [3.05, 3.63) is 41.3 Å². The van der Waals surface area contributed by atoms with Gasteiger partial charge in [0.15, 0.2) is 0 Å². The molecule has 1 aliphatic rings. The van der Waals surface area contributed by atoms with Gasteiger partial charge in [-0.15, -0.1) is 11.3 Å². The minimum atomic E-state index is -0.206. The Hall–Kier alpha value is -2.47. The van der Waals surface area contributed by atoms with Crippen LogP contribution < -0.4 is 5.32 Å². The van der Waals surface area contributed by atoms with Crippen LogP contribution in [0.25, 0.3) is 10.4 Å². The Labute approximate surface area is 144 Å². The van der Waals surface area contributed by atoms with Gasteiger partial charge in [0, 0.05) is 36.4 Å². The summed E-state index contributed by atoms with van der Waals surface area (Å²) in [4.78, 5) is 37.5. The number of thiophene rings is 1. The molecule has 2 aromatic rings. The van der Waals surface area contributed by atoms with Crippen LogP contribution in [0.4, 0.5) is 5.69 Å². The van der Waals surface area contributed by atoms with Crippen molar-refractivity contribution < 1.29 is 14.4 Å². The van der Waals surface area contributed by atoms with Gasteiger partial charge in [-0.1, -0.05) is 12.1 Å². The number of anilines is 1. The van der Waals surface area contributed by atoms with Crippen molar-refractivity contribution in [1.29, 1.82) is 0 Å². The highest BCUT2D eigenvalue weighted by atomic mass is 32.1. The van der Waals surface area contributed by atoms with Crippen LogP contribution in [0.2, 0.25) is 0 Å². The smallest absolute Gasteiger partial charge is 0.229 e. The number of nitrogens with one attached hydrogen (secondary N) is 1. The maximum Gasteiger partial charge on any atom is 0.229 e. The van der Waals surface area contributed by atoms with E-state index in [2.05, 4.69) is 18.3 Å². The van der Waals surface area contributed by atoms with E-state index in [0.29, 0.717) is 5.69 Å². The van der Waals surface area contributed by atoms with E-state index in [9.17, 15) is 14.4 Å². The average molecular weight is 342 g/mol. The number of aryl methyl sites for hydroxylation is 1. The molecule has 3 rings (SSSR count). The van der Waals surface area contributed by atoms with Crippen molar-refractivity contribution in [3.8, 4) is 10.4 Å². The average Bonchev–Trinajstić information content (AvgIpc) is 3.12. The van der Waals surface area contributed by atoms with Gasteiger partial charge in [-0.3, -0.25) is 19.3 Å². The molecule has 0 atom stereocenters. The molecular formula is C18H18N2O3S. The number of carbonyl (C=O) groups is 3. The number of carbonyl (C=O) groups excluding carboxylic acids is 3. The Balaban J connectivity index is 1.62. The third-order valence-corrected chi connectivity index (χ3v) is 5.05. The lowest BCUT2D eigenvalue weighted by Crippen LogP contribution is -2.32. The maximum absolute atomic E-state index is 12.1. The third-order valence-electron chi connectivity index (χ3n) is 3.99. The van der Waals surface area contributed by atoms with E-state index < -0.39 is 0 Å². The number of hydrogen-bond acceptors (Lipinski definition) is 4. The Kier molecular flexibility index (Phi) is 4.76. The summed E-state index contributed by atoms with van der Waals surface area (Å²) in [7, 11) is 0. The summed E-state index contributed by atoms with van der Waals surface area (Å²) in [6.45, 7) is 2.20. The summed E-state index contributed by atoms with van der Waals surface area (Å²) < 4.78 is 0. The first kappa shape index (κ1) is 16.4. The Bertz CT molecular complexity index is 781. The van der Waals surface area contributed by atoms with Crippen LogP contribution in [0.15, 0.2) is 35.7 Å². The summed E-state index contributed by atoms with van der Waals surface area (Å²) in [6.07, 6.45) is 0.616. The van der Waals surface area contributed by atoms with Crippen LogP contribution in [0.5, 0.6) is 0 Å². The number of amides is 3. The highest BCUT2D eigenvalue weighted by Crippen LogP contribution is 2.30. The van der Waals surface area contributed by atoms with Crippen LogP contribution >= 0.6 is 11.3 Å². The molecule has 1 aromatic carbocycles. The van der Waals surface area contributed by atoms with Crippen molar-refractivity contribution in [2.45, 2.75) is 26.2 Å². The number of nitrogens with zero attached hydrogens (tertiary/aromatic N) is 1. The molecule has 0 unspecified atom stereocenters. The first-order valence-electron chi connectivity index (χ1n) is 7.82. The minimum Gasteiger partial charge on any atom is -0.326 e. The Morgan fingerprint density at radius 2 is 1.96 bits per heavy atom. The molecule has 2 heterocycles. The molecule has 0 aliphatic carbocycles. The van der Waals surface area contributed by atoms with Gasteiger partial charge in [0.05, 0.1) is 0 Å². The zero-order valence-electron chi connectivity index (χ0n) is 13.4. The Morgan fingerprint density at radius 3 is 2.62 bits per heavy atom. The first-order chi connectivity index (χ1) is 11.5. The summed E-state index contributed by atoms with van der Waals surface area (Å²) >= 11 is 1.66. The summed E-state index contributed by atoms with van der Waals surface area (Å²) in [5, 5.41) is 4.88. The van der Waals surface area contributed by atoms with Gasteiger partial charge in [0.25, 0.3) is 0 Å². The van der Waals surface area contributed by atoms with E-state index in [0.717, 1.165) is 5.56 Å². The zero-order chi connectivity index (χ0) is 17.1. The van der Waals surface area contributed by atoms with E-state index in [-0.39, 0.29) is 43.5 Å². The third kappa shape index (κ3) is 3.54. The van der Waals surface area contributed by atoms with Crippen LogP contribution in [0.1, 0.15) is 24.8 Å². The molecule has 124 valence electrons. The van der Waals surface area contributed by atoms with Crippen molar-refractivity contribution in [2.24, 2.45) is 0 Å². The summed E-state index contributed by atoms with van der Waals surface area (Å²) in [5.74, 6) is -0.589.